The number of carbonyl (C=O) groups is 1. The van der Waals surface area contributed by atoms with E-state index < -0.39 is 11.5 Å². The van der Waals surface area contributed by atoms with Crippen molar-refractivity contribution in [2.45, 2.75) is 20.4 Å². The summed E-state index contributed by atoms with van der Waals surface area (Å²) < 4.78 is 8.30. The van der Waals surface area contributed by atoms with Crippen LogP contribution in [0.25, 0.3) is 16.8 Å². The van der Waals surface area contributed by atoms with Crippen molar-refractivity contribution in [2.24, 2.45) is 0 Å². The van der Waals surface area contributed by atoms with E-state index in [0.717, 1.165) is 11.0 Å². The maximum Gasteiger partial charge on any atom is 0.345 e. The van der Waals surface area contributed by atoms with Crippen LogP contribution in [0.1, 0.15) is 24.2 Å². The van der Waals surface area contributed by atoms with Crippen molar-refractivity contribution in [2.75, 3.05) is 6.61 Å². The van der Waals surface area contributed by atoms with Crippen molar-refractivity contribution in [3.8, 4) is 0 Å². The number of benzene rings is 1. The number of esters is 1. The molecule has 0 saturated heterocycles. The second-order valence-electron chi connectivity index (χ2n) is 4.57. The fraction of sp³-hybridized carbons (Fsp3) is 0.267. The molecule has 3 rings (SSSR count). The molecule has 0 aliphatic heterocycles. The molecule has 6 nitrogen and oxygen atoms in total. The molecule has 21 heavy (non-hydrogen) atoms. The number of nitrogens with zero attached hydrogens (tertiary/aromatic N) is 3. The highest BCUT2D eigenvalue weighted by atomic mass is 16.5. The van der Waals surface area contributed by atoms with Gasteiger partial charge in [0, 0.05) is 6.54 Å². The van der Waals surface area contributed by atoms with E-state index in [0.29, 0.717) is 12.3 Å². The molecule has 3 aromatic rings. The number of carbonyl (C=O) groups excluding carboxylic acids is 1. The van der Waals surface area contributed by atoms with Gasteiger partial charge in [0.2, 0.25) is 5.78 Å². The van der Waals surface area contributed by atoms with Gasteiger partial charge in [-0.25, -0.2) is 14.2 Å². The minimum Gasteiger partial charge on any atom is -0.462 e. The topological polar surface area (TPSA) is 65.6 Å². The third-order valence-electron chi connectivity index (χ3n) is 3.41. The van der Waals surface area contributed by atoms with Crippen molar-refractivity contribution >= 4 is 22.8 Å². The van der Waals surface area contributed by atoms with Gasteiger partial charge < -0.3 is 9.30 Å². The largest absolute Gasteiger partial charge is 0.462 e. The van der Waals surface area contributed by atoms with E-state index in [1.807, 2.05) is 35.8 Å². The number of para-hydroxylation sites is 2. The second-order valence-corrected chi connectivity index (χ2v) is 4.57. The molecule has 0 bridgehead atoms. The predicted octanol–water partition coefficient (Wildman–Crippen LogP) is 1.85. The molecule has 0 N–H and O–H groups in total. The average molecular weight is 285 g/mol. The van der Waals surface area contributed by atoms with Crippen LogP contribution >= 0.6 is 0 Å². The lowest BCUT2D eigenvalue weighted by atomic mass is 10.3. The molecule has 0 amide bonds. The summed E-state index contributed by atoms with van der Waals surface area (Å²) >= 11 is 0. The summed E-state index contributed by atoms with van der Waals surface area (Å²) in [6.07, 6.45) is 1.29. The Morgan fingerprint density at radius 2 is 1.95 bits per heavy atom. The zero-order valence-corrected chi connectivity index (χ0v) is 11.9. The maximum atomic E-state index is 12.6. The summed E-state index contributed by atoms with van der Waals surface area (Å²) in [6.45, 7) is 4.59. The van der Waals surface area contributed by atoms with Gasteiger partial charge in [-0.3, -0.25) is 4.79 Å². The molecule has 0 saturated carbocycles. The van der Waals surface area contributed by atoms with Crippen molar-refractivity contribution < 1.29 is 9.53 Å². The first-order chi connectivity index (χ1) is 10.2. The smallest absolute Gasteiger partial charge is 0.345 e. The minimum atomic E-state index is -0.641. The van der Waals surface area contributed by atoms with Crippen LogP contribution < -0.4 is 5.56 Å². The summed E-state index contributed by atoms with van der Waals surface area (Å²) in [5.41, 5.74) is 1.19. The highest BCUT2D eigenvalue weighted by Gasteiger charge is 2.18. The van der Waals surface area contributed by atoms with E-state index in [-0.39, 0.29) is 12.2 Å². The zero-order chi connectivity index (χ0) is 15.0. The molecule has 1 aromatic carbocycles. The van der Waals surface area contributed by atoms with Gasteiger partial charge in [0.15, 0.2) is 0 Å². The Hall–Kier alpha value is -2.63. The fourth-order valence-corrected chi connectivity index (χ4v) is 2.50. The Balaban J connectivity index is 2.41. The number of hydrogen-bond acceptors (Lipinski definition) is 4. The lowest BCUT2D eigenvalue weighted by Crippen LogP contribution is -2.24. The summed E-state index contributed by atoms with van der Waals surface area (Å²) in [4.78, 5) is 28.7. The Bertz CT molecular complexity index is 892. The molecule has 0 atom stereocenters. The van der Waals surface area contributed by atoms with Gasteiger partial charge in [0.25, 0.3) is 5.56 Å². The first kappa shape index (κ1) is 13.4. The van der Waals surface area contributed by atoms with Crippen LogP contribution in [0.4, 0.5) is 0 Å². The highest BCUT2D eigenvalue weighted by molar-refractivity contribution is 5.90. The Kier molecular flexibility index (Phi) is 3.21. The number of rotatable bonds is 3. The van der Waals surface area contributed by atoms with Gasteiger partial charge in [-0.1, -0.05) is 12.1 Å². The lowest BCUT2D eigenvalue weighted by molar-refractivity contribution is 0.0523. The molecule has 0 spiro atoms. The third-order valence-corrected chi connectivity index (χ3v) is 3.41. The molecule has 0 unspecified atom stereocenters. The molecular weight excluding hydrogens is 270 g/mol. The number of hydrogen-bond donors (Lipinski definition) is 0. The second kappa shape index (κ2) is 5.05. The SMILES string of the molecule is CCOC(=O)c1cnc2n(CC)c3ccccc3n2c1=O. The van der Waals surface area contributed by atoms with Crippen LogP contribution in [0.2, 0.25) is 0 Å². The van der Waals surface area contributed by atoms with Crippen LogP contribution in [0.5, 0.6) is 0 Å². The van der Waals surface area contributed by atoms with Gasteiger partial charge in [0.05, 0.1) is 23.8 Å². The molecule has 2 heterocycles. The normalized spacial score (nSPS) is 11.1. The van der Waals surface area contributed by atoms with E-state index in [9.17, 15) is 9.59 Å². The minimum absolute atomic E-state index is 0.0478. The Morgan fingerprint density at radius 3 is 2.62 bits per heavy atom. The van der Waals surface area contributed by atoms with Gasteiger partial charge in [-0.15, -0.1) is 0 Å². The Morgan fingerprint density at radius 1 is 1.24 bits per heavy atom. The number of aromatic nitrogens is 3. The van der Waals surface area contributed by atoms with Crippen LogP contribution in [-0.2, 0) is 11.3 Å². The predicted molar refractivity (Wildman–Crippen MR) is 78.6 cm³/mol. The molecule has 0 aliphatic carbocycles. The summed E-state index contributed by atoms with van der Waals surface area (Å²) in [5, 5.41) is 0. The first-order valence-corrected chi connectivity index (χ1v) is 6.85. The van der Waals surface area contributed by atoms with Crippen molar-refractivity contribution in [1.82, 2.24) is 14.0 Å². The lowest BCUT2D eigenvalue weighted by Gasteiger charge is -2.03. The summed E-state index contributed by atoms with van der Waals surface area (Å²) in [5.74, 6) is -0.116. The number of fused-ring (bicyclic) bond motifs is 3. The molecule has 0 radical (unpaired) electrons. The monoisotopic (exact) mass is 285 g/mol. The Labute approximate surface area is 120 Å². The highest BCUT2D eigenvalue weighted by Crippen LogP contribution is 2.18. The van der Waals surface area contributed by atoms with Crippen LogP contribution in [0.3, 0.4) is 0 Å². The van der Waals surface area contributed by atoms with Crippen molar-refractivity contribution in [3.05, 3.63) is 46.4 Å². The standard InChI is InChI=1S/C15H15N3O3/c1-3-17-11-7-5-6-8-12(11)18-13(19)10(9-16-15(17)18)14(20)21-4-2/h5-9H,3-4H2,1-2H3. The van der Waals surface area contributed by atoms with Crippen LogP contribution in [0.15, 0.2) is 35.3 Å². The molecule has 6 heteroatoms. The van der Waals surface area contributed by atoms with E-state index in [4.69, 9.17) is 4.74 Å². The van der Waals surface area contributed by atoms with E-state index >= 15 is 0 Å². The van der Waals surface area contributed by atoms with Gasteiger partial charge in [0.1, 0.15) is 5.56 Å². The van der Waals surface area contributed by atoms with Gasteiger partial charge >= 0.3 is 5.97 Å². The molecular formula is C15H15N3O3. The number of imidazole rings is 1. The molecule has 108 valence electrons. The van der Waals surface area contributed by atoms with Crippen molar-refractivity contribution in [1.29, 1.82) is 0 Å². The van der Waals surface area contributed by atoms with Gasteiger partial charge in [-0.2, -0.15) is 0 Å². The zero-order valence-electron chi connectivity index (χ0n) is 11.9. The van der Waals surface area contributed by atoms with E-state index in [2.05, 4.69) is 4.98 Å². The average Bonchev–Trinajstić information content (AvgIpc) is 2.82. The first-order valence-electron chi connectivity index (χ1n) is 6.85. The van der Waals surface area contributed by atoms with Crippen LogP contribution in [-0.4, -0.2) is 26.5 Å². The third kappa shape index (κ3) is 1.91. The summed E-state index contributed by atoms with van der Waals surface area (Å²) in [7, 11) is 0. The van der Waals surface area contributed by atoms with Crippen molar-refractivity contribution in [3.63, 3.8) is 0 Å². The summed E-state index contributed by atoms with van der Waals surface area (Å²) in [6, 6.07) is 7.53. The maximum absolute atomic E-state index is 12.6. The van der Waals surface area contributed by atoms with E-state index in [1.54, 1.807) is 6.92 Å². The quantitative estimate of drug-likeness (QED) is 0.689. The number of ether oxygens (including phenoxy) is 1. The molecule has 2 aromatic heterocycles. The molecule has 0 fully saturated rings. The van der Waals surface area contributed by atoms with E-state index in [1.165, 1.54) is 10.6 Å². The van der Waals surface area contributed by atoms with Crippen LogP contribution in [0, 0.1) is 0 Å². The molecule has 0 aliphatic rings. The number of aryl methyl sites for hydroxylation is 1. The van der Waals surface area contributed by atoms with Gasteiger partial charge in [-0.05, 0) is 26.0 Å². The fourth-order valence-electron chi connectivity index (χ4n) is 2.50.